The molecule has 190 valence electrons. The molecule has 2 saturated carbocycles. The third-order valence-corrected chi connectivity index (χ3v) is 8.48. The Kier molecular flexibility index (Phi) is 9.74. The molecule has 1 aromatic carbocycles. The van der Waals surface area contributed by atoms with Gasteiger partial charge in [0.25, 0.3) is 0 Å². The SMILES string of the molecule is CCCCc1cnc(-c2ccc(OC(=O)[C@H]3CC[C@H]([C@H]4CC[C@H](CCCC)CC4)CC3)cc2)nc1. The van der Waals surface area contributed by atoms with Gasteiger partial charge in [0.05, 0.1) is 5.92 Å². The molecule has 0 spiro atoms. The standard InChI is InChI=1S/C31H44N2O2/c1-3-5-7-23-9-11-25(12-10-23)26-13-15-28(16-14-26)31(34)35-29-19-17-27(18-20-29)30-32-21-24(22-33-30)8-6-4-2/h17-23,25-26,28H,3-16H2,1-2H3/t23-,25-,26-,28-. The third kappa shape index (κ3) is 7.38. The fourth-order valence-electron chi connectivity index (χ4n) is 6.15. The van der Waals surface area contributed by atoms with Crippen molar-refractivity contribution in [2.45, 2.75) is 104 Å². The van der Waals surface area contributed by atoms with Crippen LogP contribution in [0, 0.1) is 23.7 Å². The lowest BCUT2D eigenvalue weighted by Gasteiger charge is -2.37. The Labute approximate surface area is 212 Å². The highest BCUT2D eigenvalue weighted by Gasteiger charge is 2.33. The molecule has 0 saturated heterocycles. The second-order valence-electron chi connectivity index (χ2n) is 11.0. The minimum absolute atomic E-state index is 0.0471. The first kappa shape index (κ1) is 25.9. The maximum Gasteiger partial charge on any atom is 0.314 e. The molecular formula is C31H44N2O2. The smallest absolute Gasteiger partial charge is 0.314 e. The number of esters is 1. The summed E-state index contributed by atoms with van der Waals surface area (Å²) in [6, 6.07) is 7.61. The normalized spacial score (nSPS) is 24.7. The molecule has 0 atom stereocenters. The molecule has 2 fully saturated rings. The molecule has 0 N–H and O–H groups in total. The number of aromatic nitrogens is 2. The van der Waals surface area contributed by atoms with E-state index in [4.69, 9.17) is 4.74 Å². The summed E-state index contributed by atoms with van der Waals surface area (Å²) >= 11 is 0. The number of carbonyl (C=O) groups excluding carboxylic acids is 1. The van der Waals surface area contributed by atoms with E-state index in [0.29, 0.717) is 11.6 Å². The van der Waals surface area contributed by atoms with Gasteiger partial charge in [0.15, 0.2) is 5.82 Å². The Morgan fingerprint density at radius 2 is 1.43 bits per heavy atom. The van der Waals surface area contributed by atoms with Crippen LogP contribution in [0.15, 0.2) is 36.7 Å². The number of nitrogens with zero attached hydrogens (tertiary/aromatic N) is 2. The zero-order chi connectivity index (χ0) is 24.5. The molecule has 1 heterocycles. The van der Waals surface area contributed by atoms with Crippen LogP contribution in [-0.4, -0.2) is 15.9 Å². The van der Waals surface area contributed by atoms with Crippen LogP contribution in [0.1, 0.15) is 103 Å². The molecule has 35 heavy (non-hydrogen) atoms. The Morgan fingerprint density at radius 3 is 2.03 bits per heavy atom. The van der Waals surface area contributed by atoms with Gasteiger partial charge in [-0.2, -0.15) is 0 Å². The Balaban J connectivity index is 1.21. The lowest BCUT2D eigenvalue weighted by atomic mass is 9.68. The van der Waals surface area contributed by atoms with Crippen molar-refractivity contribution in [2.75, 3.05) is 0 Å². The zero-order valence-corrected chi connectivity index (χ0v) is 21.9. The maximum atomic E-state index is 12.8. The summed E-state index contributed by atoms with van der Waals surface area (Å²) in [4.78, 5) is 21.8. The van der Waals surface area contributed by atoms with Gasteiger partial charge in [-0.1, -0.05) is 52.4 Å². The summed E-state index contributed by atoms with van der Waals surface area (Å²) in [6.07, 6.45) is 21.3. The molecule has 2 aliphatic carbocycles. The first-order valence-electron chi connectivity index (χ1n) is 14.3. The number of benzene rings is 1. The van der Waals surface area contributed by atoms with E-state index in [0.717, 1.165) is 49.0 Å². The number of aryl methyl sites for hydroxylation is 1. The van der Waals surface area contributed by atoms with Crippen LogP contribution < -0.4 is 4.74 Å². The number of carbonyl (C=O) groups is 1. The van der Waals surface area contributed by atoms with E-state index in [1.807, 2.05) is 36.7 Å². The van der Waals surface area contributed by atoms with E-state index in [1.165, 1.54) is 69.8 Å². The van der Waals surface area contributed by atoms with Gasteiger partial charge in [0, 0.05) is 18.0 Å². The Bertz CT molecular complexity index is 893. The highest BCUT2D eigenvalue weighted by Crippen LogP contribution is 2.42. The van der Waals surface area contributed by atoms with Crippen LogP contribution in [0.4, 0.5) is 0 Å². The lowest BCUT2D eigenvalue weighted by Crippen LogP contribution is -2.30. The van der Waals surface area contributed by atoms with Crippen molar-refractivity contribution in [3.05, 3.63) is 42.2 Å². The van der Waals surface area contributed by atoms with Gasteiger partial charge < -0.3 is 4.74 Å². The summed E-state index contributed by atoms with van der Waals surface area (Å²) in [7, 11) is 0. The molecule has 4 rings (SSSR count). The molecule has 0 radical (unpaired) electrons. The zero-order valence-electron chi connectivity index (χ0n) is 21.9. The predicted octanol–water partition coefficient (Wildman–Crippen LogP) is 8.19. The highest BCUT2D eigenvalue weighted by molar-refractivity contribution is 5.75. The number of unbranched alkanes of at least 4 members (excludes halogenated alkanes) is 2. The average molecular weight is 477 g/mol. The van der Waals surface area contributed by atoms with Crippen molar-refractivity contribution in [3.8, 4) is 17.1 Å². The summed E-state index contributed by atoms with van der Waals surface area (Å²) in [5.41, 5.74) is 2.12. The van der Waals surface area contributed by atoms with Crippen molar-refractivity contribution < 1.29 is 9.53 Å². The Morgan fingerprint density at radius 1 is 0.829 bits per heavy atom. The maximum absolute atomic E-state index is 12.8. The van der Waals surface area contributed by atoms with Gasteiger partial charge in [-0.25, -0.2) is 9.97 Å². The molecule has 0 aliphatic heterocycles. The minimum Gasteiger partial charge on any atom is -0.426 e. The van der Waals surface area contributed by atoms with Crippen molar-refractivity contribution >= 4 is 5.97 Å². The van der Waals surface area contributed by atoms with E-state index in [-0.39, 0.29) is 11.9 Å². The van der Waals surface area contributed by atoms with Crippen molar-refractivity contribution in [1.82, 2.24) is 9.97 Å². The van der Waals surface area contributed by atoms with Gasteiger partial charge in [-0.3, -0.25) is 4.79 Å². The van der Waals surface area contributed by atoms with Gasteiger partial charge >= 0.3 is 5.97 Å². The molecule has 0 amide bonds. The van der Waals surface area contributed by atoms with E-state index in [2.05, 4.69) is 23.8 Å². The molecule has 2 aromatic rings. The van der Waals surface area contributed by atoms with E-state index in [1.54, 1.807) is 0 Å². The summed E-state index contributed by atoms with van der Waals surface area (Å²) in [5, 5.41) is 0. The van der Waals surface area contributed by atoms with Gasteiger partial charge in [-0.15, -0.1) is 0 Å². The number of rotatable bonds is 10. The quantitative estimate of drug-likeness (QED) is 0.256. The van der Waals surface area contributed by atoms with Crippen molar-refractivity contribution in [3.63, 3.8) is 0 Å². The van der Waals surface area contributed by atoms with Crippen molar-refractivity contribution in [1.29, 1.82) is 0 Å². The van der Waals surface area contributed by atoms with Crippen LogP contribution in [0.3, 0.4) is 0 Å². The summed E-state index contributed by atoms with van der Waals surface area (Å²) < 4.78 is 5.76. The predicted molar refractivity (Wildman–Crippen MR) is 142 cm³/mol. The van der Waals surface area contributed by atoms with Crippen LogP contribution >= 0.6 is 0 Å². The van der Waals surface area contributed by atoms with E-state index < -0.39 is 0 Å². The van der Waals surface area contributed by atoms with Crippen molar-refractivity contribution in [2.24, 2.45) is 23.7 Å². The average Bonchev–Trinajstić information content (AvgIpc) is 2.92. The van der Waals surface area contributed by atoms with Crippen LogP contribution in [0.5, 0.6) is 5.75 Å². The summed E-state index contributed by atoms with van der Waals surface area (Å²) in [6.45, 7) is 4.49. The fraction of sp³-hybridized carbons (Fsp3) is 0.645. The minimum atomic E-state index is -0.0593. The molecule has 4 nitrogen and oxygen atoms in total. The molecule has 4 heteroatoms. The number of hydrogen-bond acceptors (Lipinski definition) is 4. The van der Waals surface area contributed by atoms with Gasteiger partial charge in [-0.05, 0) is 98.9 Å². The summed E-state index contributed by atoms with van der Waals surface area (Å²) in [5.74, 6) is 3.99. The van der Waals surface area contributed by atoms with Crippen LogP contribution in [0.25, 0.3) is 11.4 Å². The van der Waals surface area contributed by atoms with Crippen LogP contribution in [-0.2, 0) is 11.2 Å². The largest absolute Gasteiger partial charge is 0.426 e. The number of ether oxygens (including phenoxy) is 1. The second kappa shape index (κ2) is 13.2. The molecule has 0 bridgehead atoms. The Hall–Kier alpha value is -2.23. The topological polar surface area (TPSA) is 52.1 Å². The van der Waals surface area contributed by atoms with Gasteiger partial charge in [0.1, 0.15) is 5.75 Å². The van der Waals surface area contributed by atoms with E-state index in [9.17, 15) is 4.79 Å². The molecule has 0 unspecified atom stereocenters. The third-order valence-electron chi connectivity index (χ3n) is 8.48. The van der Waals surface area contributed by atoms with Gasteiger partial charge in [0.2, 0.25) is 0 Å². The molecule has 2 aliphatic rings. The van der Waals surface area contributed by atoms with E-state index >= 15 is 0 Å². The lowest BCUT2D eigenvalue weighted by molar-refractivity contribution is -0.140. The first-order chi connectivity index (χ1) is 17.2. The molecule has 1 aromatic heterocycles. The van der Waals surface area contributed by atoms with Crippen LogP contribution in [0.2, 0.25) is 0 Å². The first-order valence-corrected chi connectivity index (χ1v) is 14.3. The molecular weight excluding hydrogens is 432 g/mol. The monoisotopic (exact) mass is 476 g/mol. The fourth-order valence-corrected chi connectivity index (χ4v) is 6.15. The highest BCUT2D eigenvalue weighted by atomic mass is 16.5. The second-order valence-corrected chi connectivity index (χ2v) is 11.0. The number of hydrogen-bond donors (Lipinski definition) is 0.